The Kier molecular flexibility index (Phi) is 7.98. The second kappa shape index (κ2) is 10.9. The smallest absolute Gasteiger partial charge is 0.230 e. The third-order valence-corrected chi connectivity index (χ3v) is 7.71. The predicted molar refractivity (Wildman–Crippen MR) is 124 cm³/mol. The van der Waals surface area contributed by atoms with Gasteiger partial charge in [-0.2, -0.15) is 5.10 Å². The van der Waals surface area contributed by atoms with Crippen molar-refractivity contribution in [2.24, 2.45) is 11.0 Å². The fourth-order valence-electron chi connectivity index (χ4n) is 3.76. The SMILES string of the molecule is CC1NN=C(C2=CSC(SCC(=O)NC[C@H]3CN(CC4C=C(F)C(F)=CC4)CCO3)N2)N1. The van der Waals surface area contributed by atoms with Crippen molar-refractivity contribution in [3.05, 3.63) is 34.9 Å². The molecule has 3 aliphatic heterocycles. The fraction of sp³-hybridized carbons (Fsp3) is 0.600. The first-order valence-corrected chi connectivity index (χ1v) is 12.6. The number of hydrogen-bond donors (Lipinski definition) is 4. The van der Waals surface area contributed by atoms with Crippen molar-refractivity contribution in [1.29, 1.82) is 0 Å². The summed E-state index contributed by atoms with van der Waals surface area (Å²) in [5.41, 5.74) is 3.88. The second-order valence-corrected chi connectivity index (χ2v) is 10.4. The number of nitrogens with one attached hydrogen (secondary N) is 4. The number of rotatable bonds is 8. The molecule has 8 nitrogen and oxygen atoms in total. The molecule has 12 heteroatoms. The molecule has 32 heavy (non-hydrogen) atoms. The van der Waals surface area contributed by atoms with Gasteiger partial charge in [-0.25, -0.2) is 8.78 Å². The van der Waals surface area contributed by atoms with Crippen molar-refractivity contribution in [3.8, 4) is 0 Å². The molecule has 4 N–H and O–H groups in total. The number of allylic oxidation sites excluding steroid dienone is 3. The number of amidine groups is 1. The highest BCUT2D eigenvalue weighted by Gasteiger charge is 2.26. The van der Waals surface area contributed by atoms with Crippen molar-refractivity contribution in [2.45, 2.75) is 30.3 Å². The standard InChI is InChI=1S/C20H28F2N6O2S2/c1-12-24-19(27-26-12)17-10-31-20(25-17)32-11-18(29)23-7-14-9-28(4-5-30-14)8-13-2-3-15(21)16(22)6-13/h3,6,10,12-14,20,25-26H,2,4-5,7-9,11H2,1H3,(H,23,29)(H,24,27)/t12?,13?,14-,20?/m0/s1. The van der Waals surface area contributed by atoms with Gasteiger partial charge in [-0.15, -0.1) is 11.8 Å². The van der Waals surface area contributed by atoms with E-state index in [4.69, 9.17) is 4.74 Å². The lowest BCUT2D eigenvalue weighted by molar-refractivity contribution is -0.119. The lowest BCUT2D eigenvalue weighted by Crippen LogP contribution is -2.49. The van der Waals surface area contributed by atoms with Gasteiger partial charge in [0.25, 0.3) is 0 Å². The van der Waals surface area contributed by atoms with Crippen LogP contribution < -0.4 is 21.4 Å². The Hall–Kier alpha value is -1.76. The van der Waals surface area contributed by atoms with Crippen LogP contribution in [0.2, 0.25) is 0 Å². The number of carbonyl (C=O) groups is 1. The van der Waals surface area contributed by atoms with E-state index in [9.17, 15) is 13.6 Å². The number of morpholine rings is 1. The highest BCUT2D eigenvalue weighted by molar-refractivity contribution is 8.18. The van der Waals surface area contributed by atoms with Crippen LogP contribution in [0.15, 0.2) is 40.0 Å². The van der Waals surface area contributed by atoms with E-state index in [1.807, 2.05) is 12.3 Å². The van der Waals surface area contributed by atoms with Crippen LogP contribution in [-0.2, 0) is 9.53 Å². The fourth-order valence-corrected chi connectivity index (χ4v) is 5.70. The summed E-state index contributed by atoms with van der Waals surface area (Å²) >= 11 is 3.14. The molecular formula is C20H28F2N6O2S2. The molecule has 3 unspecified atom stereocenters. The van der Waals surface area contributed by atoms with Gasteiger partial charge < -0.3 is 20.7 Å². The molecule has 1 amide bonds. The average molecular weight is 487 g/mol. The Bertz CT molecular complexity index is 837. The normalized spacial score (nSPS) is 30.3. The summed E-state index contributed by atoms with van der Waals surface area (Å²) in [4.78, 5) is 14.5. The van der Waals surface area contributed by atoms with Crippen molar-refractivity contribution in [2.75, 3.05) is 38.5 Å². The third-order valence-electron chi connectivity index (χ3n) is 5.38. The van der Waals surface area contributed by atoms with E-state index < -0.39 is 11.7 Å². The number of nitrogens with zero attached hydrogens (tertiary/aromatic N) is 2. The first-order chi connectivity index (χ1) is 15.5. The Morgan fingerprint density at radius 2 is 2.28 bits per heavy atom. The molecule has 0 spiro atoms. The lowest BCUT2D eigenvalue weighted by atomic mass is 9.99. The quantitative estimate of drug-likeness (QED) is 0.411. The van der Waals surface area contributed by atoms with Gasteiger partial charge in [-0.1, -0.05) is 11.8 Å². The van der Waals surface area contributed by atoms with Gasteiger partial charge in [0.2, 0.25) is 5.91 Å². The summed E-state index contributed by atoms with van der Waals surface area (Å²) in [6.45, 7) is 5.01. The maximum atomic E-state index is 13.5. The maximum absolute atomic E-state index is 13.5. The molecule has 0 aromatic carbocycles. The molecule has 176 valence electrons. The van der Waals surface area contributed by atoms with E-state index >= 15 is 0 Å². The molecule has 1 saturated heterocycles. The number of amides is 1. The van der Waals surface area contributed by atoms with Crippen LogP contribution in [0.25, 0.3) is 0 Å². The molecular weight excluding hydrogens is 458 g/mol. The molecule has 0 aromatic heterocycles. The number of thioether (sulfide) groups is 2. The summed E-state index contributed by atoms with van der Waals surface area (Å²) < 4.78 is 32.5. The minimum Gasteiger partial charge on any atom is -0.374 e. The van der Waals surface area contributed by atoms with E-state index in [0.717, 1.165) is 18.1 Å². The van der Waals surface area contributed by atoms with E-state index in [1.54, 1.807) is 11.8 Å². The summed E-state index contributed by atoms with van der Waals surface area (Å²) in [5.74, 6) is -0.512. The summed E-state index contributed by atoms with van der Waals surface area (Å²) in [6, 6.07) is 0. The Morgan fingerprint density at radius 1 is 1.41 bits per heavy atom. The lowest BCUT2D eigenvalue weighted by Gasteiger charge is -2.34. The number of hydrogen-bond acceptors (Lipinski definition) is 9. The second-order valence-electron chi connectivity index (χ2n) is 8.03. The van der Waals surface area contributed by atoms with Crippen LogP contribution in [0.4, 0.5) is 8.78 Å². The van der Waals surface area contributed by atoms with Crippen molar-refractivity contribution >= 4 is 35.3 Å². The molecule has 0 radical (unpaired) electrons. The molecule has 1 aliphatic carbocycles. The van der Waals surface area contributed by atoms with E-state index in [-0.39, 0.29) is 28.8 Å². The van der Waals surface area contributed by atoms with Gasteiger partial charge in [0.1, 0.15) is 10.9 Å². The zero-order valence-corrected chi connectivity index (χ0v) is 19.4. The number of carbonyl (C=O) groups excluding carboxylic acids is 1. The molecule has 0 aromatic rings. The zero-order valence-electron chi connectivity index (χ0n) is 17.8. The summed E-state index contributed by atoms with van der Waals surface area (Å²) in [5, 5.41) is 15.7. The third kappa shape index (κ3) is 6.40. The van der Waals surface area contributed by atoms with Crippen LogP contribution in [0, 0.1) is 5.92 Å². The highest BCUT2D eigenvalue weighted by atomic mass is 32.2. The summed E-state index contributed by atoms with van der Waals surface area (Å²) in [7, 11) is 0. The largest absolute Gasteiger partial charge is 0.374 e. The molecule has 3 heterocycles. The van der Waals surface area contributed by atoms with Gasteiger partial charge in [-0.3, -0.25) is 15.1 Å². The predicted octanol–water partition coefficient (Wildman–Crippen LogP) is 1.58. The monoisotopic (exact) mass is 486 g/mol. The van der Waals surface area contributed by atoms with Crippen molar-refractivity contribution in [1.82, 2.24) is 26.3 Å². The van der Waals surface area contributed by atoms with Gasteiger partial charge in [-0.05, 0) is 31.4 Å². The van der Waals surface area contributed by atoms with Crippen LogP contribution in [0.5, 0.6) is 0 Å². The Morgan fingerprint density at radius 3 is 3.06 bits per heavy atom. The van der Waals surface area contributed by atoms with E-state index in [0.29, 0.717) is 38.4 Å². The van der Waals surface area contributed by atoms with Gasteiger partial charge in [0, 0.05) is 31.6 Å². The van der Waals surface area contributed by atoms with Crippen LogP contribution >= 0.6 is 23.5 Å². The summed E-state index contributed by atoms with van der Waals surface area (Å²) in [6.07, 6.45) is 3.16. The topological polar surface area (TPSA) is 90.0 Å². The van der Waals surface area contributed by atoms with E-state index in [1.165, 1.54) is 23.9 Å². The molecule has 0 saturated carbocycles. The van der Waals surface area contributed by atoms with Crippen LogP contribution in [0.3, 0.4) is 0 Å². The van der Waals surface area contributed by atoms with E-state index in [2.05, 4.69) is 31.4 Å². The molecule has 4 aliphatic rings. The average Bonchev–Trinajstić information content (AvgIpc) is 3.42. The van der Waals surface area contributed by atoms with Crippen LogP contribution in [-0.4, -0.2) is 72.2 Å². The zero-order chi connectivity index (χ0) is 22.5. The first kappa shape index (κ1) is 23.4. The highest BCUT2D eigenvalue weighted by Crippen LogP contribution is 2.30. The minimum absolute atomic E-state index is 0.0430. The minimum atomic E-state index is -0.772. The van der Waals surface area contributed by atoms with Gasteiger partial charge in [0.15, 0.2) is 17.5 Å². The molecule has 4 atom stereocenters. The Balaban J connectivity index is 1.12. The maximum Gasteiger partial charge on any atom is 0.230 e. The number of ether oxygens (including phenoxy) is 1. The molecule has 4 rings (SSSR count). The number of halogens is 2. The first-order valence-electron chi connectivity index (χ1n) is 10.6. The van der Waals surface area contributed by atoms with Crippen molar-refractivity contribution < 1.29 is 18.3 Å². The van der Waals surface area contributed by atoms with Crippen LogP contribution in [0.1, 0.15) is 13.3 Å². The van der Waals surface area contributed by atoms with Crippen molar-refractivity contribution in [3.63, 3.8) is 0 Å². The van der Waals surface area contributed by atoms with Gasteiger partial charge >= 0.3 is 0 Å². The molecule has 0 bridgehead atoms. The van der Waals surface area contributed by atoms with Gasteiger partial charge in [0.05, 0.1) is 24.2 Å². The molecule has 1 fully saturated rings. The Labute approximate surface area is 194 Å². The number of hydrazone groups is 1.